The third-order valence-electron chi connectivity index (χ3n) is 6.12. The molecule has 1 aliphatic rings. The van der Waals surface area contributed by atoms with Crippen LogP contribution in [0, 0.1) is 0 Å². The van der Waals surface area contributed by atoms with Gasteiger partial charge >= 0.3 is 23.9 Å². The van der Waals surface area contributed by atoms with Crippen molar-refractivity contribution in [2.45, 2.75) is 77.8 Å². The third kappa shape index (κ3) is 9.00. The topological polar surface area (TPSA) is 170 Å². The molecule has 2 unspecified atom stereocenters. The van der Waals surface area contributed by atoms with Gasteiger partial charge in [0.2, 0.25) is 0 Å². The van der Waals surface area contributed by atoms with Gasteiger partial charge in [0.1, 0.15) is 30.7 Å². The van der Waals surface area contributed by atoms with Crippen LogP contribution in [0.5, 0.6) is 5.75 Å². The number of carbonyl (C=O) groups excluding carboxylic acids is 4. The van der Waals surface area contributed by atoms with Gasteiger partial charge in [-0.15, -0.1) is 0 Å². The molecule has 0 spiro atoms. The Morgan fingerprint density at radius 3 is 2.07 bits per heavy atom. The Kier molecular flexibility index (Phi) is 10.8. The number of aliphatic hydroxyl groups excluding tert-OH is 1. The van der Waals surface area contributed by atoms with Crippen LogP contribution in [0.4, 0.5) is 5.69 Å². The van der Waals surface area contributed by atoms with E-state index in [0.29, 0.717) is 23.4 Å². The molecule has 0 aromatic heterocycles. The zero-order valence-corrected chi connectivity index (χ0v) is 23.5. The van der Waals surface area contributed by atoms with Gasteiger partial charge in [-0.3, -0.25) is 19.2 Å². The first-order valence-corrected chi connectivity index (χ1v) is 13.0. The van der Waals surface area contributed by atoms with Crippen LogP contribution in [-0.2, 0) is 49.3 Å². The Hall–Kier alpha value is -4.00. The molecule has 41 heavy (non-hydrogen) atoms. The number of ether oxygens (including phenoxy) is 6. The zero-order chi connectivity index (χ0) is 30.3. The lowest BCUT2D eigenvalue weighted by Crippen LogP contribution is -2.59. The summed E-state index contributed by atoms with van der Waals surface area (Å²) in [4.78, 5) is 46.9. The standard InChI is InChI=1S/C29H35NO11/c1-15(31)36-14-25-27(38-17(3)33)29(40-19(5)35)28(39-18(4)34)26(41-25)21-8-11-24(30)22(13-21)12-20-6-9-23(10-7-20)37-16(2)32/h6-11,13,18,25-29,34H,12,14,30H2,1-5H3/t18?,25?,26-,27+,28-,29-/m0/s1. The lowest BCUT2D eigenvalue weighted by molar-refractivity contribution is -0.280. The number of carbonyl (C=O) groups is 4. The summed E-state index contributed by atoms with van der Waals surface area (Å²) in [6, 6.07) is 12.1. The molecule has 0 saturated carbocycles. The number of rotatable bonds is 10. The van der Waals surface area contributed by atoms with Crippen molar-refractivity contribution in [3.8, 4) is 5.75 Å². The van der Waals surface area contributed by atoms with Gasteiger partial charge in [-0.25, -0.2) is 0 Å². The van der Waals surface area contributed by atoms with Gasteiger partial charge < -0.3 is 39.3 Å². The van der Waals surface area contributed by atoms with Crippen molar-refractivity contribution in [1.29, 1.82) is 0 Å². The Labute approximate surface area is 237 Å². The predicted molar refractivity (Wildman–Crippen MR) is 143 cm³/mol. The molecule has 3 rings (SSSR count). The highest BCUT2D eigenvalue weighted by molar-refractivity contribution is 5.69. The molecule has 2 aromatic carbocycles. The van der Waals surface area contributed by atoms with E-state index in [1.807, 2.05) is 0 Å². The van der Waals surface area contributed by atoms with Gasteiger partial charge in [-0.1, -0.05) is 24.3 Å². The molecule has 12 nitrogen and oxygen atoms in total. The fourth-order valence-electron chi connectivity index (χ4n) is 4.57. The SMILES string of the molecule is CC(=O)OCC1O[C@@H](c2ccc(N)c(Cc3ccc(OC(C)=O)cc3)c2)[C@H](OC(C)O)[C@@H](OC(C)=O)[C@@H]1OC(C)=O. The minimum Gasteiger partial charge on any atom is -0.463 e. The first-order chi connectivity index (χ1) is 19.3. The number of anilines is 1. The molecule has 12 heteroatoms. The van der Waals surface area contributed by atoms with Crippen LogP contribution in [0.1, 0.15) is 57.4 Å². The van der Waals surface area contributed by atoms with Crippen LogP contribution in [0.25, 0.3) is 0 Å². The molecule has 1 aliphatic heterocycles. The maximum absolute atomic E-state index is 12.1. The van der Waals surface area contributed by atoms with E-state index in [2.05, 4.69) is 0 Å². The van der Waals surface area contributed by atoms with Crippen LogP contribution in [-0.4, -0.2) is 66.3 Å². The Morgan fingerprint density at radius 1 is 0.878 bits per heavy atom. The number of nitrogen functional groups attached to an aromatic ring is 1. The van der Waals surface area contributed by atoms with Gasteiger partial charge in [0.15, 0.2) is 18.5 Å². The lowest BCUT2D eigenvalue weighted by Gasteiger charge is -2.45. The van der Waals surface area contributed by atoms with Crippen molar-refractivity contribution in [2.75, 3.05) is 12.3 Å². The quantitative estimate of drug-likeness (QED) is 0.140. The van der Waals surface area contributed by atoms with Crippen molar-refractivity contribution < 1.29 is 52.7 Å². The molecule has 0 bridgehead atoms. The first-order valence-electron chi connectivity index (χ1n) is 13.0. The smallest absolute Gasteiger partial charge is 0.308 e. The largest absolute Gasteiger partial charge is 0.463 e. The molecule has 6 atom stereocenters. The number of esters is 4. The minimum atomic E-state index is -1.31. The summed E-state index contributed by atoms with van der Waals surface area (Å²) >= 11 is 0. The van der Waals surface area contributed by atoms with E-state index >= 15 is 0 Å². The molecule has 1 saturated heterocycles. The van der Waals surface area contributed by atoms with E-state index in [-0.39, 0.29) is 6.61 Å². The summed E-state index contributed by atoms with van der Waals surface area (Å²) in [5, 5.41) is 10.2. The molecule has 2 aromatic rings. The number of hydrogen-bond acceptors (Lipinski definition) is 12. The predicted octanol–water partition coefficient (Wildman–Crippen LogP) is 2.37. The van der Waals surface area contributed by atoms with Crippen molar-refractivity contribution in [3.05, 3.63) is 59.2 Å². The van der Waals surface area contributed by atoms with Gasteiger partial charge in [0, 0.05) is 33.4 Å². The van der Waals surface area contributed by atoms with Crippen LogP contribution in [0.2, 0.25) is 0 Å². The van der Waals surface area contributed by atoms with Crippen molar-refractivity contribution in [3.63, 3.8) is 0 Å². The Morgan fingerprint density at radius 2 is 1.51 bits per heavy atom. The fourth-order valence-corrected chi connectivity index (χ4v) is 4.57. The summed E-state index contributed by atoms with van der Waals surface area (Å²) < 4.78 is 33.3. The average molecular weight is 574 g/mol. The van der Waals surface area contributed by atoms with Crippen molar-refractivity contribution in [1.82, 2.24) is 0 Å². The Bertz CT molecular complexity index is 1240. The number of hydrogen-bond donors (Lipinski definition) is 2. The number of benzene rings is 2. The molecule has 3 N–H and O–H groups in total. The normalized spacial score (nSPS) is 22.7. The summed E-state index contributed by atoms with van der Waals surface area (Å²) in [7, 11) is 0. The fraction of sp³-hybridized carbons (Fsp3) is 0.448. The lowest BCUT2D eigenvalue weighted by atomic mass is 9.89. The molecule has 0 radical (unpaired) electrons. The molecular formula is C29H35NO11. The van der Waals surface area contributed by atoms with E-state index in [1.54, 1.807) is 42.5 Å². The van der Waals surface area contributed by atoms with Gasteiger partial charge in [-0.05, 0) is 48.2 Å². The van der Waals surface area contributed by atoms with E-state index in [9.17, 15) is 24.3 Å². The average Bonchev–Trinajstić information content (AvgIpc) is 2.86. The second-order valence-corrected chi connectivity index (χ2v) is 9.62. The summed E-state index contributed by atoms with van der Waals surface area (Å²) in [5.74, 6) is -1.98. The first kappa shape index (κ1) is 31.5. The molecule has 1 fully saturated rings. The van der Waals surface area contributed by atoms with Crippen LogP contribution in [0.3, 0.4) is 0 Å². The molecular weight excluding hydrogens is 538 g/mol. The van der Waals surface area contributed by atoms with E-state index in [1.165, 1.54) is 34.6 Å². The van der Waals surface area contributed by atoms with Crippen molar-refractivity contribution in [2.24, 2.45) is 0 Å². The third-order valence-corrected chi connectivity index (χ3v) is 6.12. The molecule has 1 heterocycles. The van der Waals surface area contributed by atoms with Gasteiger partial charge in [0.05, 0.1) is 0 Å². The van der Waals surface area contributed by atoms with E-state index < -0.39 is 60.7 Å². The summed E-state index contributed by atoms with van der Waals surface area (Å²) in [5.41, 5.74) is 8.95. The summed E-state index contributed by atoms with van der Waals surface area (Å²) in [6.07, 6.45) is -6.46. The Balaban J connectivity index is 2.02. The van der Waals surface area contributed by atoms with E-state index in [0.717, 1.165) is 11.1 Å². The number of aliphatic hydroxyl groups is 1. The molecule has 222 valence electrons. The maximum atomic E-state index is 12.1. The number of nitrogens with two attached hydrogens (primary N) is 1. The van der Waals surface area contributed by atoms with Gasteiger partial charge in [-0.2, -0.15) is 0 Å². The van der Waals surface area contributed by atoms with Crippen LogP contribution < -0.4 is 10.5 Å². The van der Waals surface area contributed by atoms with Crippen LogP contribution in [0.15, 0.2) is 42.5 Å². The summed E-state index contributed by atoms with van der Waals surface area (Å²) in [6.45, 7) is 5.97. The second kappa shape index (κ2) is 14.1. The zero-order valence-electron chi connectivity index (χ0n) is 23.5. The van der Waals surface area contributed by atoms with Crippen LogP contribution >= 0.6 is 0 Å². The highest BCUT2D eigenvalue weighted by Gasteiger charge is 2.52. The van der Waals surface area contributed by atoms with E-state index in [4.69, 9.17) is 34.2 Å². The molecule has 0 amide bonds. The molecule has 0 aliphatic carbocycles. The highest BCUT2D eigenvalue weighted by atomic mass is 16.7. The highest BCUT2D eigenvalue weighted by Crippen LogP contribution is 2.39. The van der Waals surface area contributed by atoms with Gasteiger partial charge in [0.25, 0.3) is 0 Å². The minimum absolute atomic E-state index is 0.306. The second-order valence-electron chi connectivity index (χ2n) is 9.62. The maximum Gasteiger partial charge on any atom is 0.308 e. The van der Waals surface area contributed by atoms with Crippen molar-refractivity contribution >= 4 is 29.6 Å². The monoisotopic (exact) mass is 573 g/mol.